The van der Waals surface area contributed by atoms with Gasteiger partial charge in [0, 0.05) is 0 Å². The van der Waals surface area contributed by atoms with Gasteiger partial charge in [0.25, 0.3) is 0 Å². The van der Waals surface area contributed by atoms with Crippen LogP contribution in [0.4, 0.5) is 0 Å². The summed E-state index contributed by atoms with van der Waals surface area (Å²) in [7, 11) is 0. The molecular formula is C16H14N4. The Balaban J connectivity index is 1.72. The normalized spacial score (nSPS) is 16.9. The molecule has 98 valence electrons. The molecule has 1 aliphatic rings. The van der Waals surface area contributed by atoms with Gasteiger partial charge in [0.1, 0.15) is 5.52 Å². The molecule has 2 heterocycles. The zero-order valence-electron chi connectivity index (χ0n) is 10.9. The van der Waals surface area contributed by atoms with Gasteiger partial charge in [0.05, 0.1) is 18.1 Å². The molecule has 0 bridgehead atoms. The Bertz CT molecular complexity index is 788. The standard InChI is InChI=1S/C16H14N4/c1-2-6-13-12(5-1)9-10-17-15(13)11-20-16-8-4-3-7-14(16)18-19-20/h1-10,15,17H,11H2. The summed E-state index contributed by atoms with van der Waals surface area (Å²) in [5.74, 6) is 0. The number of aromatic nitrogens is 3. The first-order chi connectivity index (χ1) is 9.92. The summed E-state index contributed by atoms with van der Waals surface area (Å²) in [6.45, 7) is 0.766. The predicted octanol–water partition coefficient (Wildman–Crippen LogP) is 2.75. The van der Waals surface area contributed by atoms with Crippen molar-refractivity contribution in [2.24, 2.45) is 0 Å². The highest BCUT2D eigenvalue weighted by Crippen LogP contribution is 2.25. The van der Waals surface area contributed by atoms with Crippen molar-refractivity contribution in [1.82, 2.24) is 20.3 Å². The molecule has 4 heteroatoms. The van der Waals surface area contributed by atoms with E-state index in [1.54, 1.807) is 0 Å². The third-order valence-electron chi connectivity index (χ3n) is 3.71. The van der Waals surface area contributed by atoms with Crippen LogP contribution in [-0.4, -0.2) is 15.0 Å². The maximum Gasteiger partial charge on any atom is 0.113 e. The summed E-state index contributed by atoms with van der Waals surface area (Å²) in [5, 5.41) is 11.9. The van der Waals surface area contributed by atoms with Crippen LogP contribution in [0, 0.1) is 0 Å². The van der Waals surface area contributed by atoms with Crippen LogP contribution in [0.5, 0.6) is 0 Å². The fourth-order valence-electron chi connectivity index (χ4n) is 2.70. The third kappa shape index (κ3) is 1.77. The molecule has 0 saturated heterocycles. The Morgan fingerprint density at radius 3 is 2.90 bits per heavy atom. The van der Waals surface area contributed by atoms with Crippen molar-refractivity contribution in [1.29, 1.82) is 0 Å². The highest BCUT2D eigenvalue weighted by Gasteiger charge is 2.17. The van der Waals surface area contributed by atoms with E-state index in [2.05, 4.69) is 52.0 Å². The molecule has 1 aromatic heterocycles. The number of fused-ring (bicyclic) bond motifs is 2. The summed E-state index contributed by atoms with van der Waals surface area (Å²) in [5.41, 5.74) is 4.57. The number of benzene rings is 2. The van der Waals surface area contributed by atoms with Gasteiger partial charge in [-0.1, -0.05) is 41.6 Å². The number of hydrogen-bond acceptors (Lipinski definition) is 3. The SMILES string of the molecule is C1=Cc2ccccc2C(Cn2nnc3ccccc32)N1. The molecule has 1 unspecified atom stereocenters. The Kier molecular flexibility index (Phi) is 2.52. The van der Waals surface area contributed by atoms with E-state index in [0.717, 1.165) is 17.6 Å². The molecule has 0 amide bonds. The van der Waals surface area contributed by atoms with Crippen molar-refractivity contribution in [3.8, 4) is 0 Å². The maximum atomic E-state index is 4.26. The summed E-state index contributed by atoms with van der Waals surface area (Å²) in [6, 6.07) is 16.7. The average molecular weight is 262 g/mol. The molecule has 0 spiro atoms. The number of nitrogens with zero attached hydrogens (tertiary/aromatic N) is 3. The van der Waals surface area contributed by atoms with Gasteiger partial charge in [-0.15, -0.1) is 5.10 Å². The quantitative estimate of drug-likeness (QED) is 0.772. The molecule has 1 N–H and O–H groups in total. The van der Waals surface area contributed by atoms with Crippen LogP contribution in [0.1, 0.15) is 17.2 Å². The number of rotatable bonds is 2. The van der Waals surface area contributed by atoms with Gasteiger partial charge < -0.3 is 5.32 Å². The van der Waals surface area contributed by atoms with Gasteiger partial charge in [-0.3, -0.25) is 0 Å². The highest BCUT2D eigenvalue weighted by atomic mass is 15.4. The number of nitrogens with one attached hydrogen (secondary N) is 1. The fourth-order valence-corrected chi connectivity index (χ4v) is 2.70. The van der Waals surface area contributed by atoms with Gasteiger partial charge in [-0.2, -0.15) is 0 Å². The third-order valence-corrected chi connectivity index (χ3v) is 3.71. The molecule has 4 nitrogen and oxygen atoms in total. The molecule has 1 atom stereocenters. The molecular weight excluding hydrogens is 248 g/mol. The fraction of sp³-hybridized carbons (Fsp3) is 0.125. The molecule has 3 aromatic rings. The first-order valence-corrected chi connectivity index (χ1v) is 6.71. The topological polar surface area (TPSA) is 42.7 Å². The first kappa shape index (κ1) is 11.2. The molecule has 0 saturated carbocycles. The van der Waals surface area contributed by atoms with Crippen LogP contribution in [0.25, 0.3) is 17.1 Å². The number of para-hydroxylation sites is 1. The second kappa shape index (κ2) is 4.49. The largest absolute Gasteiger partial charge is 0.382 e. The zero-order valence-corrected chi connectivity index (χ0v) is 10.9. The first-order valence-electron chi connectivity index (χ1n) is 6.71. The van der Waals surface area contributed by atoms with Crippen LogP contribution in [-0.2, 0) is 6.54 Å². The summed E-state index contributed by atoms with van der Waals surface area (Å²) < 4.78 is 1.96. The van der Waals surface area contributed by atoms with E-state index < -0.39 is 0 Å². The lowest BCUT2D eigenvalue weighted by Gasteiger charge is -2.23. The predicted molar refractivity (Wildman–Crippen MR) is 78.9 cm³/mol. The van der Waals surface area contributed by atoms with E-state index in [-0.39, 0.29) is 6.04 Å². The van der Waals surface area contributed by atoms with Crippen LogP contribution in [0.3, 0.4) is 0 Å². The number of hydrogen-bond donors (Lipinski definition) is 1. The lowest BCUT2D eigenvalue weighted by atomic mass is 9.98. The lowest BCUT2D eigenvalue weighted by Crippen LogP contribution is -2.24. The minimum atomic E-state index is 0.223. The van der Waals surface area contributed by atoms with Crippen LogP contribution in [0.15, 0.2) is 54.7 Å². The van der Waals surface area contributed by atoms with Gasteiger partial charge >= 0.3 is 0 Å². The summed E-state index contributed by atoms with van der Waals surface area (Å²) in [4.78, 5) is 0. The van der Waals surface area contributed by atoms with Crippen molar-refractivity contribution in [3.05, 3.63) is 65.9 Å². The van der Waals surface area contributed by atoms with Gasteiger partial charge in [0.2, 0.25) is 0 Å². The molecule has 1 aliphatic heterocycles. The smallest absolute Gasteiger partial charge is 0.113 e. The van der Waals surface area contributed by atoms with E-state index >= 15 is 0 Å². The lowest BCUT2D eigenvalue weighted by molar-refractivity contribution is 0.478. The van der Waals surface area contributed by atoms with Crippen LogP contribution < -0.4 is 5.32 Å². The zero-order chi connectivity index (χ0) is 13.4. The minimum absolute atomic E-state index is 0.223. The van der Waals surface area contributed by atoms with E-state index in [9.17, 15) is 0 Å². The molecule has 0 fully saturated rings. The molecule has 20 heavy (non-hydrogen) atoms. The molecule has 0 aliphatic carbocycles. The molecule has 4 rings (SSSR count). The van der Waals surface area contributed by atoms with Crippen LogP contribution >= 0.6 is 0 Å². The Hall–Kier alpha value is -2.62. The summed E-state index contributed by atoms with van der Waals surface area (Å²) >= 11 is 0. The van der Waals surface area contributed by atoms with Crippen molar-refractivity contribution in [2.45, 2.75) is 12.6 Å². The van der Waals surface area contributed by atoms with Crippen molar-refractivity contribution >= 4 is 17.1 Å². The van der Waals surface area contributed by atoms with E-state index in [1.807, 2.05) is 29.1 Å². The summed E-state index contributed by atoms with van der Waals surface area (Å²) in [6.07, 6.45) is 4.11. The maximum absolute atomic E-state index is 4.26. The monoisotopic (exact) mass is 262 g/mol. The van der Waals surface area contributed by atoms with E-state index in [4.69, 9.17) is 0 Å². The second-order valence-electron chi connectivity index (χ2n) is 4.94. The Labute approximate surface area is 116 Å². The molecule has 2 aromatic carbocycles. The van der Waals surface area contributed by atoms with Gasteiger partial charge in [0.15, 0.2) is 0 Å². The van der Waals surface area contributed by atoms with E-state index in [1.165, 1.54) is 11.1 Å². The van der Waals surface area contributed by atoms with Gasteiger partial charge in [-0.25, -0.2) is 4.68 Å². The molecule has 0 radical (unpaired) electrons. The highest BCUT2D eigenvalue weighted by molar-refractivity contribution is 5.73. The Morgan fingerprint density at radius 2 is 1.90 bits per heavy atom. The Morgan fingerprint density at radius 1 is 1.05 bits per heavy atom. The van der Waals surface area contributed by atoms with Crippen LogP contribution in [0.2, 0.25) is 0 Å². The van der Waals surface area contributed by atoms with Gasteiger partial charge in [-0.05, 0) is 35.5 Å². The second-order valence-corrected chi connectivity index (χ2v) is 4.94. The van der Waals surface area contributed by atoms with Crippen molar-refractivity contribution in [2.75, 3.05) is 0 Å². The average Bonchev–Trinajstić information content (AvgIpc) is 2.91. The van der Waals surface area contributed by atoms with Crippen molar-refractivity contribution in [3.63, 3.8) is 0 Å². The van der Waals surface area contributed by atoms with E-state index in [0.29, 0.717) is 0 Å². The van der Waals surface area contributed by atoms with Crippen molar-refractivity contribution < 1.29 is 0 Å². The minimum Gasteiger partial charge on any atom is -0.382 e.